The van der Waals surface area contributed by atoms with E-state index < -0.39 is 0 Å². The molecule has 0 fully saturated rings. The highest BCUT2D eigenvalue weighted by Gasteiger charge is 2.03. The first-order valence-electron chi connectivity index (χ1n) is 5.06. The minimum absolute atomic E-state index is 0.194. The fraction of sp³-hybridized carbons (Fsp3) is 0.182. The number of pyridine rings is 1. The van der Waals surface area contributed by atoms with Crippen LogP contribution in [0.3, 0.4) is 0 Å². The van der Waals surface area contributed by atoms with Gasteiger partial charge in [0.1, 0.15) is 5.82 Å². The Morgan fingerprint density at radius 1 is 1.47 bits per heavy atom. The number of nitrogens with zero attached hydrogens (tertiary/aromatic N) is 2. The molecule has 0 saturated heterocycles. The summed E-state index contributed by atoms with van der Waals surface area (Å²) in [5.74, 6) is 1.07. The zero-order valence-corrected chi connectivity index (χ0v) is 9.30. The third-order valence-corrected chi connectivity index (χ3v) is 2.18. The van der Waals surface area contributed by atoms with E-state index in [0.717, 1.165) is 5.56 Å². The lowest BCUT2D eigenvalue weighted by atomic mass is 10.2. The molecule has 0 spiro atoms. The number of nitrogens with one attached hydrogen (secondary N) is 2. The van der Waals surface area contributed by atoms with Crippen molar-refractivity contribution in [1.29, 1.82) is 0 Å². The first kappa shape index (κ1) is 11.1. The first-order chi connectivity index (χ1) is 8.29. The van der Waals surface area contributed by atoms with E-state index in [2.05, 4.69) is 20.3 Å². The molecule has 0 bridgehead atoms. The van der Waals surface area contributed by atoms with Gasteiger partial charge in [0.15, 0.2) is 0 Å². The highest BCUT2D eigenvalue weighted by molar-refractivity contribution is 5.35. The lowest BCUT2D eigenvalue weighted by Crippen LogP contribution is -2.09. The zero-order chi connectivity index (χ0) is 12.1. The number of hydrogen-bond acceptors (Lipinski definition) is 5. The fourth-order valence-corrected chi connectivity index (χ4v) is 1.39. The number of rotatable bonds is 4. The molecule has 2 heterocycles. The van der Waals surface area contributed by atoms with Gasteiger partial charge in [-0.1, -0.05) is 6.07 Å². The van der Waals surface area contributed by atoms with Gasteiger partial charge in [0, 0.05) is 24.4 Å². The molecule has 88 valence electrons. The average molecular weight is 232 g/mol. The van der Waals surface area contributed by atoms with E-state index in [0.29, 0.717) is 18.2 Å². The largest absolute Gasteiger partial charge is 0.481 e. The first-order valence-corrected chi connectivity index (χ1v) is 5.06. The van der Waals surface area contributed by atoms with Gasteiger partial charge in [0.05, 0.1) is 13.4 Å². The summed E-state index contributed by atoms with van der Waals surface area (Å²) < 4.78 is 5.12. The molecule has 0 amide bonds. The van der Waals surface area contributed by atoms with Crippen molar-refractivity contribution >= 4 is 5.82 Å². The van der Waals surface area contributed by atoms with Crippen molar-refractivity contribution in [3.8, 4) is 5.88 Å². The highest BCUT2D eigenvalue weighted by Crippen LogP contribution is 2.14. The van der Waals surface area contributed by atoms with Crippen LogP contribution in [0, 0.1) is 0 Å². The summed E-state index contributed by atoms with van der Waals surface area (Å²) >= 11 is 0. The van der Waals surface area contributed by atoms with Crippen LogP contribution in [-0.4, -0.2) is 22.1 Å². The summed E-state index contributed by atoms with van der Waals surface area (Å²) in [6.45, 7) is 0.494. The topological polar surface area (TPSA) is 79.9 Å². The van der Waals surface area contributed by atoms with Crippen molar-refractivity contribution < 1.29 is 4.74 Å². The number of anilines is 1. The number of aromatic amines is 1. The zero-order valence-electron chi connectivity index (χ0n) is 9.30. The van der Waals surface area contributed by atoms with Crippen molar-refractivity contribution in [1.82, 2.24) is 15.0 Å². The van der Waals surface area contributed by atoms with Gasteiger partial charge >= 0.3 is 0 Å². The molecule has 0 aliphatic heterocycles. The van der Waals surface area contributed by atoms with Crippen LogP contribution in [0.15, 0.2) is 35.5 Å². The molecule has 17 heavy (non-hydrogen) atoms. The molecule has 0 atom stereocenters. The standard InChI is InChI=1S/C11H12N4O2/c1-17-11-8(3-2-4-12-11)6-13-9-5-10(16)15-7-14-9/h2-5,7H,6H2,1H3,(H2,13,14,15,16). The lowest BCUT2D eigenvalue weighted by molar-refractivity contribution is 0.393. The van der Waals surface area contributed by atoms with Crippen molar-refractivity contribution in [2.75, 3.05) is 12.4 Å². The maximum absolute atomic E-state index is 11.1. The number of H-pyrrole nitrogens is 1. The normalized spacial score (nSPS) is 9.94. The minimum Gasteiger partial charge on any atom is -0.481 e. The minimum atomic E-state index is -0.194. The second-order valence-electron chi connectivity index (χ2n) is 3.32. The van der Waals surface area contributed by atoms with E-state index in [1.54, 1.807) is 13.3 Å². The Labute approximate surface area is 97.7 Å². The predicted octanol–water partition coefficient (Wildman–Crippen LogP) is 0.786. The summed E-state index contributed by atoms with van der Waals surface area (Å²) in [6, 6.07) is 5.11. The SMILES string of the molecule is COc1ncccc1CNc1cc(=O)[nH]cn1. The second kappa shape index (κ2) is 5.11. The van der Waals surface area contributed by atoms with Gasteiger partial charge in [0.25, 0.3) is 5.56 Å². The Kier molecular flexibility index (Phi) is 3.34. The molecule has 2 aromatic heterocycles. The smallest absolute Gasteiger partial charge is 0.252 e. The third kappa shape index (κ3) is 2.81. The summed E-state index contributed by atoms with van der Waals surface area (Å²) in [7, 11) is 1.57. The Morgan fingerprint density at radius 2 is 2.35 bits per heavy atom. The molecule has 0 radical (unpaired) electrons. The van der Waals surface area contributed by atoms with E-state index in [1.807, 2.05) is 12.1 Å². The van der Waals surface area contributed by atoms with Crippen molar-refractivity contribution in [2.24, 2.45) is 0 Å². The van der Waals surface area contributed by atoms with E-state index in [-0.39, 0.29) is 5.56 Å². The maximum Gasteiger partial charge on any atom is 0.252 e. The van der Waals surface area contributed by atoms with Crippen LogP contribution in [0.2, 0.25) is 0 Å². The van der Waals surface area contributed by atoms with Crippen LogP contribution in [0.25, 0.3) is 0 Å². The fourth-order valence-electron chi connectivity index (χ4n) is 1.39. The van der Waals surface area contributed by atoms with E-state index in [4.69, 9.17) is 4.74 Å². The van der Waals surface area contributed by atoms with E-state index in [9.17, 15) is 4.79 Å². The van der Waals surface area contributed by atoms with Crippen LogP contribution in [0.4, 0.5) is 5.82 Å². The van der Waals surface area contributed by atoms with E-state index >= 15 is 0 Å². The molecular weight excluding hydrogens is 220 g/mol. The number of aromatic nitrogens is 3. The highest BCUT2D eigenvalue weighted by atomic mass is 16.5. The van der Waals surface area contributed by atoms with Crippen LogP contribution < -0.4 is 15.6 Å². The van der Waals surface area contributed by atoms with Crippen LogP contribution >= 0.6 is 0 Å². The van der Waals surface area contributed by atoms with Gasteiger partial charge in [-0.25, -0.2) is 9.97 Å². The predicted molar refractivity (Wildman–Crippen MR) is 63.0 cm³/mol. The monoisotopic (exact) mass is 232 g/mol. The Balaban J connectivity index is 2.09. The van der Waals surface area contributed by atoms with Gasteiger partial charge in [-0.15, -0.1) is 0 Å². The molecule has 6 heteroatoms. The molecule has 6 nitrogen and oxygen atoms in total. The summed E-state index contributed by atoms with van der Waals surface area (Å²) in [5.41, 5.74) is 0.706. The van der Waals surface area contributed by atoms with Crippen molar-refractivity contribution in [2.45, 2.75) is 6.54 Å². The van der Waals surface area contributed by atoms with Gasteiger partial charge in [-0.2, -0.15) is 0 Å². The Hall–Kier alpha value is -2.37. The van der Waals surface area contributed by atoms with E-state index in [1.165, 1.54) is 12.4 Å². The van der Waals surface area contributed by atoms with Crippen molar-refractivity contribution in [3.05, 3.63) is 46.6 Å². The molecule has 2 aromatic rings. The molecule has 0 aromatic carbocycles. The number of methoxy groups -OCH3 is 1. The van der Waals surface area contributed by atoms with Crippen LogP contribution in [0.5, 0.6) is 5.88 Å². The molecular formula is C11H12N4O2. The Bertz CT molecular complexity index is 553. The lowest BCUT2D eigenvalue weighted by Gasteiger charge is -2.08. The third-order valence-electron chi connectivity index (χ3n) is 2.18. The summed E-state index contributed by atoms with van der Waals surface area (Å²) in [4.78, 5) is 21.6. The summed E-state index contributed by atoms with van der Waals surface area (Å²) in [5, 5.41) is 3.03. The quantitative estimate of drug-likeness (QED) is 0.814. The molecule has 2 N–H and O–H groups in total. The summed E-state index contributed by atoms with van der Waals surface area (Å²) in [6.07, 6.45) is 3.01. The average Bonchev–Trinajstić information content (AvgIpc) is 2.37. The van der Waals surface area contributed by atoms with Crippen LogP contribution in [-0.2, 0) is 6.54 Å². The number of ether oxygens (including phenoxy) is 1. The van der Waals surface area contributed by atoms with Gasteiger partial charge in [-0.3, -0.25) is 4.79 Å². The second-order valence-corrected chi connectivity index (χ2v) is 3.32. The molecule has 0 saturated carbocycles. The molecule has 2 rings (SSSR count). The number of hydrogen-bond donors (Lipinski definition) is 2. The molecule has 0 aliphatic carbocycles. The molecule has 0 unspecified atom stereocenters. The van der Waals surface area contributed by atoms with Gasteiger partial charge in [0.2, 0.25) is 5.88 Å². The van der Waals surface area contributed by atoms with Crippen molar-refractivity contribution in [3.63, 3.8) is 0 Å². The maximum atomic E-state index is 11.1. The van der Waals surface area contributed by atoms with Gasteiger partial charge in [-0.05, 0) is 6.07 Å². The Morgan fingerprint density at radius 3 is 3.12 bits per heavy atom. The van der Waals surface area contributed by atoms with Crippen LogP contribution in [0.1, 0.15) is 5.56 Å². The molecule has 0 aliphatic rings. The van der Waals surface area contributed by atoms with Gasteiger partial charge < -0.3 is 15.0 Å².